The van der Waals surface area contributed by atoms with E-state index in [4.69, 9.17) is 15.8 Å². The first-order valence-corrected chi connectivity index (χ1v) is 22.8. The first-order chi connectivity index (χ1) is 26.5. The summed E-state index contributed by atoms with van der Waals surface area (Å²) in [5.74, 6) is 0.941. The Balaban J connectivity index is 0.000000169. The van der Waals surface area contributed by atoms with Crippen LogP contribution in [0.25, 0.3) is 61.4 Å². The van der Waals surface area contributed by atoms with Gasteiger partial charge in [-0.3, -0.25) is 4.98 Å². The van der Waals surface area contributed by atoms with Crippen molar-refractivity contribution in [3.8, 4) is 28.3 Å². The van der Waals surface area contributed by atoms with E-state index in [0.717, 1.165) is 92.7 Å². The van der Waals surface area contributed by atoms with Crippen LogP contribution in [-0.4, -0.2) is 27.6 Å². The molecule has 1 aliphatic carbocycles. The van der Waals surface area contributed by atoms with Gasteiger partial charge in [0.1, 0.15) is 0 Å². The minimum Gasteiger partial charge on any atom is -0.486 e. The van der Waals surface area contributed by atoms with Crippen molar-refractivity contribution in [3.05, 3.63) is 138 Å². The first-order valence-electron chi connectivity index (χ1n) is 19.8. The molecular formula is C48H48IrN4OSi-2. The second-order valence-corrected chi connectivity index (χ2v) is 20.9. The van der Waals surface area contributed by atoms with Gasteiger partial charge in [-0.1, -0.05) is 94.0 Å². The number of hydrogen-bond donors (Lipinski definition) is 0. The average Bonchev–Trinajstić information content (AvgIpc) is 3.76. The molecule has 0 amide bonds. The van der Waals surface area contributed by atoms with Crippen LogP contribution in [0.15, 0.2) is 114 Å². The van der Waals surface area contributed by atoms with Crippen LogP contribution in [0, 0.1) is 19.1 Å². The van der Waals surface area contributed by atoms with Gasteiger partial charge in [0.25, 0.3) is 0 Å². The Kier molecular flexibility index (Phi) is 11.0. The van der Waals surface area contributed by atoms with Gasteiger partial charge in [-0.25, -0.2) is 4.98 Å². The van der Waals surface area contributed by atoms with Crippen molar-refractivity contribution < 1.29 is 25.9 Å². The van der Waals surface area contributed by atoms with Crippen molar-refractivity contribution in [2.45, 2.75) is 84.3 Å². The Morgan fingerprint density at radius 2 is 1.60 bits per heavy atom. The maximum atomic E-state index is 8.89. The minimum absolute atomic E-state index is 0. The van der Waals surface area contributed by atoms with Gasteiger partial charge >= 0.3 is 0 Å². The third kappa shape index (κ3) is 8.02. The van der Waals surface area contributed by atoms with Crippen LogP contribution in [0.1, 0.15) is 76.0 Å². The Morgan fingerprint density at radius 3 is 2.33 bits per heavy atom. The van der Waals surface area contributed by atoms with Crippen molar-refractivity contribution >= 4 is 46.4 Å². The van der Waals surface area contributed by atoms with Crippen molar-refractivity contribution in [3.63, 3.8) is 0 Å². The fourth-order valence-electron chi connectivity index (χ4n) is 7.68. The Bertz CT molecular complexity index is 2620. The van der Waals surface area contributed by atoms with Gasteiger partial charge in [-0.05, 0) is 84.4 Å². The third-order valence-corrected chi connectivity index (χ3v) is 12.6. The zero-order valence-corrected chi connectivity index (χ0v) is 35.9. The van der Waals surface area contributed by atoms with Crippen LogP contribution in [-0.2, 0) is 20.1 Å². The molecule has 0 N–H and O–H groups in total. The molecule has 1 aliphatic rings. The van der Waals surface area contributed by atoms with Crippen LogP contribution < -0.4 is 5.19 Å². The standard InChI is InChI=1S/C25H23N2.C23H25N2OSi.Ir/c1-3-9-19(10-4-1)20-15-17-22(18-16-20)27-24-14-8-7-13-23(24)26-25(27)21-11-5-2-6-12-21;1-14(2)18-12-20(24-13-22(18)27(4,5)6)16-8-10-21-19(11-16)17-9-7-15(3)25-23(17)26-21;/h2,5-8,11,13-19H,1,3-4,9-10H2;7,9-14H,1-6H3;/q2*-1;/i19D;;. The zero-order chi connectivity index (χ0) is 38.3. The fourth-order valence-corrected chi connectivity index (χ4v) is 9.36. The molecule has 0 spiro atoms. The maximum absolute atomic E-state index is 8.89. The monoisotopic (exact) mass is 918 g/mol. The van der Waals surface area contributed by atoms with Crippen molar-refractivity contribution in [2.75, 3.05) is 0 Å². The smallest absolute Gasteiger partial charge is 0.216 e. The number of aromatic nitrogens is 4. The fraction of sp³-hybridized carbons (Fsp3) is 0.271. The van der Waals surface area contributed by atoms with E-state index in [2.05, 4.69) is 110 Å². The van der Waals surface area contributed by atoms with Crippen LogP contribution in [0.3, 0.4) is 0 Å². The Morgan fingerprint density at radius 1 is 0.836 bits per heavy atom. The molecule has 4 aromatic carbocycles. The quantitative estimate of drug-likeness (QED) is 0.123. The van der Waals surface area contributed by atoms with E-state index in [0.29, 0.717) is 11.6 Å². The van der Waals surface area contributed by atoms with Crippen LogP contribution in [0.2, 0.25) is 19.6 Å². The average molecular weight is 918 g/mol. The number of rotatable bonds is 6. The van der Waals surface area contributed by atoms with Gasteiger partial charge in [0.15, 0.2) is 0 Å². The van der Waals surface area contributed by atoms with Crippen molar-refractivity contribution in [2.24, 2.45) is 0 Å². The Hall–Kier alpha value is -4.68. The SMILES string of the molecule is Cc1ccc2c(n1)oc1c[c-]c(-c3cc(C(C)C)c([Si](C)(C)C)cn3)cc12.[2H]C1(c2ccc(-n3c(-c4[c-]cccc4)nc4ccccc43)cc2)CCCCC1.[Ir]. The largest absolute Gasteiger partial charge is 0.486 e. The normalized spacial score (nSPS) is 14.4. The molecule has 281 valence electrons. The predicted octanol–water partition coefficient (Wildman–Crippen LogP) is 12.4. The second-order valence-electron chi connectivity index (χ2n) is 15.8. The first kappa shape index (κ1) is 37.3. The topological polar surface area (TPSA) is 56.7 Å². The number of para-hydroxylation sites is 2. The van der Waals surface area contributed by atoms with Gasteiger partial charge in [-0.2, -0.15) is 0 Å². The van der Waals surface area contributed by atoms with Crippen molar-refractivity contribution in [1.29, 1.82) is 0 Å². The minimum atomic E-state index is -1.44. The molecule has 7 heteroatoms. The molecule has 1 saturated carbocycles. The van der Waals surface area contributed by atoms with E-state index >= 15 is 0 Å². The number of benzene rings is 4. The summed E-state index contributed by atoms with van der Waals surface area (Å²) in [4.78, 5) is 14.2. The molecule has 5 nitrogen and oxygen atoms in total. The van der Waals surface area contributed by atoms with E-state index in [1.54, 1.807) is 0 Å². The number of fused-ring (bicyclic) bond motifs is 4. The summed E-state index contributed by atoms with van der Waals surface area (Å²) < 4.78 is 17.0. The predicted molar refractivity (Wildman–Crippen MR) is 227 cm³/mol. The summed E-state index contributed by atoms with van der Waals surface area (Å²) in [5.41, 5.74) is 11.1. The summed E-state index contributed by atoms with van der Waals surface area (Å²) in [5, 5.41) is 3.54. The third-order valence-electron chi connectivity index (χ3n) is 10.6. The van der Waals surface area contributed by atoms with Gasteiger partial charge in [0.2, 0.25) is 5.71 Å². The molecule has 4 heterocycles. The Labute approximate surface area is 341 Å². The van der Waals surface area contributed by atoms with E-state index < -0.39 is 14.0 Å². The molecule has 0 aliphatic heterocycles. The molecule has 0 bridgehead atoms. The number of pyridine rings is 2. The van der Waals surface area contributed by atoms with Crippen LogP contribution >= 0.6 is 0 Å². The van der Waals surface area contributed by atoms with Gasteiger partial charge < -0.3 is 14.0 Å². The second kappa shape index (κ2) is 16.2. The van der Waals surface area contributed by atoms with Gasteiger partial charge in [-0.15, -0.1) is 59.7 Å². The number of hydrogen-bond acceptors (Lipinski definition) is 4. The van der Waals surface area contributed by atoms with Crippen molar-refractivity contribution in [1.82, 2.24) is 19.5 Å². The summed E-state index contributed by atoms with van der Waals surface area (Å²) >= 11 is 0. The summed E-state index contributed by atoms with van der Waals surface area (Å²) in [6.07, 6.45) is 7.59. The van der Waals surface area contributed by atoms with Crippen LogP contribution in [0.5, 0.6) is 0 Å². The number of nitrogens with zero attached hydrogens (tertiary/aromatic N) is 4. The summed E-state index contributed by atoms with van der Waals surface area (Å²) in [6.45, 7) is 13.6. The summed E-state index contributed by atoms with van der Waals surface area (Å²) in [6, 6.07) is 41.8. The molecule has 55 heavy (non-hydrogen) atoms. The maximum Gasteiger partial charge on any atom is 0.216 e. The molecule has 0 unspecified atom stereocenters. The molecule has 0 saturated heterocycles. The van der Waals surface area contributed by atoms with E-state index in [1.807, 2.05) is 61.5 Å². The van der Waals surface area contributed by atoms with E-state index in [1.165, 1.54) is 17.2 Å². The number of furan rings is 1. The zero-order valence-electron chi connectivity index (χ0n) is 33.5. The van der Waals surface area contributed by atoms with Gasteiger partial charge in [0.05, 0.1) is 30.5 Å². The molecule has 1 fully saturated rings. The van der Waals surface area contributed by atoms with Gasteiger partial charge in [0, 0.05) is 44.4 Å². The number of imidazole rings is 1. The summed E-state index contributed by atoms with van der Waals surface area (Å²) in [7, 11) is -1.44. The van der Waals surface area contributed by atoms with E-state index in [9.17, 15) is 0 Å². The number of aryl methyl sites for hydroxylation is 1. The molecular weight excluding hydrogens is 869 g/mol. The van der Waals surface area contributed by atoms with Crippen LogP contribution in [0.4, 0.5) is 0 Å². The molecule has 1 radical (unpaired) electrons. The molecule has 4 aromatic heterocycles. The molecule has 0 atom stereocenters. The molecule has 8 aromatic rings. The van der Waals surface area contributed by atoms with E-state index in [-0.39, 0.29) is 20.1 Å². The molecule has 9 rings (SSSR count).